The highest BCUT2D eigenvalue weighted by molar-refractivity contribution is 6.09. The summed E-state index contributed by atoms with van der Waals surface area (Å²) >= 11 is 0. The highest BCUT2D eigenvalue weighted by atomic mass is 14.1. The minimum absolute atomic E-state index is 0.619. The zero-order valence-electron chi connectivity index (χ0n) is 10.5. The number of rotatable bonds is 0. The number of aryl methyl sites for hydroxylation is 2. The van der Waals surface area contributed by atoms with Crippen LogP contribution in [0, 0.1) is 13.8 Å². The Bertz CT molecular complexity index is 726. The van der Waals surface area contributed by atoms with E-state index in [4.69, 9.17) is 1.37 Å². The molecule has 0 spiro atoms. The van der Waals surface area contributed by atoms with E-state index in [1.54, 1.807) is 0 Å². The standard InChI is InChI=1S/C16H14/c1-11-7-8-13-10-12(2)14-5-3-4-6-15(14)16(13)9-11/h3-10H,1-2H3/i8D. The van der Waals surface area contributed by atoms with Crippen LogP contribution < -0.4 is 0 Å². The second-order valence-corrected chi connectivity index (χ2v) is 4.38. The Morgan fingerprint density at radius 3 is 2.44 bits per heavy atom. The third kappa shape index (κ3) is 1.30. The summed E-state index contributed by atoms with van der Waals surface area (Å²) in [6.45, 7) is 4.16. The van der Waals surface area contributed by atoms with Crippen molar-refractivity contribution in [3.8, 4) is 0 Å². The minimum Gasteiger partial charge on any atom is -0.0616 e. The molecular weight excluding hydrogens is 192 g/mol. The number of hydrogen-bond acceptors (Lipinski definition) is 0. The second-order valence-electron chi connectivity index (χ2n) is 4.38. The van der Waals surface area contributed by atoms with E-state index in [0.29, 0.717) is 6.04 Å². The molecule has 0 saturated heterocycles. The molecule has 0 heteroatoms. The Labute approximate surface area is 96.9 Å². The van der Waals surface area contributed by atoms with Crippen LogP contribution in [0.4, 0.5) is 0 Å². The van der Waals surface area contributed by atoms with Crippen molar-refractivity contribution in [2.45, 2.75) is 13.8 Å². The lowest BCUT2D eigenvalue weighted by Gasteiger charge is -2.07. The van der Waals surface area contributed by atoms with Crippen molar-refractivity contribution in [3.63, 3.8) is 0 Å². The van der Waals surface area contributed by atoms with E-state index in [1.165, 1.54) is 21.7 Å². The Morgan fingerprint density at radius 1 is 0.875 bits per heavy atom. The fraction of sp³-hybridized carbons (Fsp3) is 0.125. The molecule has 16 heavy (non-hydrogen) atoms. The summed E-state index contributed by atoms with van der Waals surface area (Å²) in [5.41, 5.74) is 2.39. The van der Waals surface area contributed by atoms with Gasteiger partial charge < -0.3 is 0 Å². The van der Waals surface area contributed by atoms with Gasteiger partial charge in [-0.25, -0.2) is 0 Å². The first-order chi connectivity index (χ1) is 8.16. The van der Waals surface area contributed by atoms with Crippen LogP contribution in [0.15, 0.2) is 48.5 Å². The number of benzene rings is 3. The predicted octanol–water partition coefficient (Wildman–Crippen LogP) is 4.61. The van der Waals surface area contributed by atoms with Crippen LogP contribution in [0.3, 0.4) is 0 Å². The maximum Gasteiger partial charge on any atom is 0.0629 e. The van der Waals surface area contributed by atoms with Gasteiger partial charge in [-0.15, -0.1) is 0 Å². The lowest BCUT2D eigenvalue weighted by atomic mass is 9.97. The molecule has 0 heterocycles. The Kier molecular flexibility index (Phi) is 1.74. The quantitative estimate of drug-likeness (QED) is 0.472. The van der Waals surface area contributed by atoms with Gasteiger partial charge in [-0.05, 0) is 41.0 Å². The van der Waals surface area contributed by atoms with Gasteiger partial charge in [0.15, 0.2) is 0 Å². The molecule has 0 atom stereocenters. The van der Waals surface area contributed by atoms with Gasteiger partial charge in [0.2, 0.25) is 0 Å². The van der Waals surface area contributed by atoms with Gasteiger partial charge in [-0.3, -0.25) is 0 Å². The second kappa shape index (κ2) is 3.34. The first kappa shape index (κ1) is 8.35. The van der Waals surface area contributed by atoms with E-state index in [2.05, 4.69) is 43.3 Å². The molecule has 3 aromatic carbocycles. The molecule has 0 aliphatic carbocycles. The fourth-order valence-corrected chi connectivity index (χ4v) is 2.31. The van der Waals surface area contributed by atoms with Crippen molar-refractivity contribution < 1.29 is 1.37 Å². The predicted molar refractivity (Wildman–Crippen MR) is 70.9 cm³/mol. The monoisotopic (exact) mass is 207 g/mol. The summed E-state index contributed by atoms with van der Waals surface area (Å²) in [7, 11) is 0. The van der Waals surface area contributed by atoms with Gasteiger partial charge in [-0.2, -0.15) is 0 Å². The molecule has 0 N–H and O–H groups in total. The Balaban J connectivity index is 2.63. The average molecular weight is 207 g/mol. The molecule has 0 amide bonds. The normalized spacial score (nSPS) is 12.0. The van der Waals surface area contributed by atoms with Gasteiger partial charge in [0, 0.05) is 0 Å². The van der Waals surface area contributed by atoms with Crippen LogP contribution in [-0.4, -0.2) is 0 Å². The summed E-state index contributed by atoms with van der Waals surface area (Å²) in [4.78, 5) is 0. The molecule has 3 aromatic rings. The third-order valence-electron chi connectivity index (χ3n) is 3.12. The van der Waals surface area contributed by atoms with E-state index in [1.807, 2.05) is 13.0 Å². The van der Waals surface area contributed by atoms with E-state index in [0.717, 1.165) is 10.9 Å². The number of fused-ring (bicyclic) bond motifs is 3. The summed E-state index contributed by atoms with van der Waals surface area (Å²) in [6.07, 6.45) is 0. The molecule has 0 radical (unpaired) electrons. The van der Waals surface area contributed by atoms with Gasteiger partial charge in [-0.1, -0.05) is 54.1 Å². The van der Waals surface area contributed by atoms with Crippen molar-refractivity contribution in [2.75, 3.05) is 0 Å². The van der Waals surface area contributed by atoms with Crippen molar-refractivity contribution in [1.29, 1.82) is 0 Å². The Hall–Kier alpha value is -1.82. The van der Waals surface area contributed by atoms with E-state index in [-0.39, 0.29) is 0 Å². The molecule has 0 bridgehead atoms. The van der Waals surface area contributed by atoms with Crippen LogP contribution in [-0.2, 0) is 0 Å². The van der Waals surface area contributed by atoms with Crippen LogP contribution in [0.1, 0.15) is 12.5 Å². The van der Waals surface area contributed by atoms with Gasteiger partial charge >= 0.3 is 0 Å². The summed E-state index contributed by atoms with van der Waals surface area (Å²) < 4.78 is 8.08. The lowest BCUT2D eigenvalue weighted by molar-refractivity contribution is 1.50. The zero-order chi connectivity index (χ0) is 12.0. The lowest BCUT2D eigenvalue weighted by Crippen LogP contribution is -1.83. The van der Waals surface area contributed by atoms with Crippen LogP contribution in [0.5, 0.6) is 0 Å². The first-order valence-electron chi connectivity index (χ1n) is 6.06. The van der Waals surface area contributed by atoms with Crippen LogP contribution in [0.2, 0.25) is 0 Å². The fourth-order valence-electron chi connectivity index (χ4n) is 2.31. The zero-order valence-corrected chi connectivity index (χ0v) is 9.54. The Morgan fingerprint density at radius 2 is 1.62 bits per heavy atom. The average Bonchev–Trinajstić information content (AvgIpc) is 2.31. The summed E-state index contributed by atoms with van der Waals surface area (Å²) in [5.74, 6) is 0. The van der Waals surface area contributed by atoms with Gasteiger partial charge in [0.25, 0.3) is 0 Å². The van der Waals surface area contributed by atoms with E-state index in [9.17, 15) is 0 Å². The number of hydrogen-bond donors (Lipinski definition) is 0. The van der Waals surface area contributed by atoms with E-state index < -0.39 is 0 Å². The van der Waals surface area contributed by atoms with Gasteiger partial charge in [0.1, 0.15) is 0 Å². The first-order valence-corrected chi connectivity index (χ1v) is 5.56. The molecule has 0 aliphatic heterocycles. The summed E-state index contributed by atoms with van der Waals surface area (Å²) in [5, 5.41) is 4.77. The van der Waals surface area contributed by atoms with Crippen LogP contribution in [0.25, 0.3) is 21.5 Å². The highest BCUT2D eigenvalue weighted by Crippen LogP contribution is 2.28. The molecule has 0 nitrogen and oxygen atoms in total. The van der Waals surface area contributed by atoms with E-state index >= 15 is 0 Å². The molecule has 0 aliphatic rings. The largest absolute Gasteiger partial charge is 0.0629 e. The van der Waals surface area contributed by atoms with Crippen LogP contribution >= 0.6 is 0 Å². The van der Waals surface area contributed by atoms with Crippen molar-refractivity contribution in [3.05, 3.63) is 59.6 Å². The molecular formula is C16H14. The molecule has 0 saturated carbocycles. The SMILES string of the molecule is [2H]c1cc(C)cc2c1cc(C)c1ccccc12. The molecule has 0 fully saturated rings. The maximum absolute atomic E-state index is 8.08. The molecule has 0 aromatic heterocycles. The maximum atomic E-state index is 8.08. The van der Waals surface area contributed by atoms with Gasteiger partial charge in [0.05, 0.1) is 1.37 Å². The van der Waals surface area contributed by atoms with Crippen molar-refractivity contribution in [1.82, 2.24) is 0 Å². The molecule has 3 rings (SSSR count). The topological polar surface area (TPSA) is 0 Å². The smallest absolute Gasteiger partial charge is 0.0616 e. The van der Waals surface area contributed by atoms with Crippen molar-refractivity contribution >= 4 is 21.5 Å². The molecule has 0 unspecified atom stereocenters. The van der Waals surface area contributed by atoms with Crippen molar-refractivity contribution in [2.24, 2.45) is 0 Å². The molecule has 78 valence electrons. The summed E-state index contributed by atoms with van der Waals surface area (Å²) in [6, 6.07) is 15.3. The highest BCUT2D eigenvalue weighted by Gasteiger charge is 2.02. The minimum atomic E-state index is 0.619. The third-order valence-corrected chi connectivity index (χ3v) is 3.12.